The molecule has 0 bridgehead atoms. The summed E-state index contributed by atoms with van der Waals surface area (Å²) in [4.78, 5) is 8.36. The largest absolute Gasteiger partial charge is 0.439 e. The van der Waals surface area contributed by atoms with E-state index in [1.807, 2.05) is 18.2 Å². The fraction of sp³-hybridized carbons (Fsp3) is 0.273. The van der Waals surface area contributed by atoms with Gasteiger partial charge in [-0.15, -0.1) is 0 Å². The van der Waals surface area contributed by atoms with Crippen LogP contribution in [0, 0.1) is 0 Å². The summed E-state index contributed by atoms with van der Waals surface area (Å²) in [6.45, 7) is 2.10. The molecule has 2 rings (SSSR count). The van der Waals surface area contributed by atoms with Gasteiger partial charge in [0.2, 0.25) is 0 Å². The highest BCUT2D eigenvalue weighted by atomic mass is 16.4. The van der Waals surface area contributed by atoms with Crippen LogP contribution in [0.25, 0.3) is 11.5 Å². The Bertz CT molecular complexity index is 395. The van der Waals surface area contributed by atoms with E-state index in [4.69, 9.17) is 4.42 Å². The van der Waals surface area contributed by atoms with Crippen molar-refractivity contribution in [2.24, 2.45) is 0 Å². The molecule has 0 amide bonds. The first-order valence-corrected chi connectivity index (χ1v) is 4.76. The summed E-state index contributed by atoms with van der Waals surface area (Å²) in [6.07, 6.45) is 5.40. The zero-order chi connectivity index (χ0) is 9.80. The van der Waals surface area contributed by atoms with Crippen LogP contribution in [-0.2, 0) is 6.42 Å². The van der Waals surface area contributed by atoms with Crippen LogP contribution in [-0.4, -0.2) is 9.97 Å². The molecule has 0 saturated carbocycles. The Morgan fingerprint density at radius 3 is 2.93 bits per heavy atom. The molecule has 0 aliphatic rings. The minimum Gasteiger partial charge on any atom is -0.439 e. The van der Waals surface area contributed by atoms with Gasteiger partial charge in [-0.05, 0) is 18.6 Å². The third kappa shape index (κ3) is 1.82. The normalized spacial score (nSPS) is 10.4. The van der Waals surface area contributed by atoms with E-state index < -0.39 is 0 Å². The lowest BCUT2D eigenvalue weighted by molar-refractivity contribution is 0.501. The molecule has 0 atom stereocenters. The number of oxazole rings is 1. The maximum Gasteiger partial charge on any atom is 0.194 e. The summed E-state index contributed by atoms with van der Waals surface area (Å²) < 4.78 is 5.54. The lowest BCUT2D eigenvalue weighted by atomic mass is 10.3. The lowest BCUT2D eigenvalue weighted by Crippen LogP contribution is -1.80. The number of pyridine rings is 1. The van der Waals surface area contributed by atoms with Crippen LogP contribution in [0.2, 0.25) is 0 Å². The monoisotopic (exact) mass is 188 g/mol. The van der Waals surface area contributed by atoms with E-state index >= 15 is 0 Å². The van der Waals surface area contributed by atoms with Gasteiger partial charge >= 0.3 is 0 Å². The minimum absolute atomic E-state index is 0.744. The van der Waals surface area contributed by atoms with Crippen molar-refractivity contribution in [3.05, 3.63) is 36.5 Å². The third-order valence-corrected chi connectivity index (χ3v) is 1.93. The van der Waals surface area contributed by atoms with Crippen molar-refractivity contribution >= 4 is 0 Å². The summed E-state index contributed by atoms with van der Waals surface area (Å²) in [5.74, 6) is 1.53. The van der Waals surface area contributed by atoms with Gasteiger partial charge in [0, 0.05) is 12.6 Å². The molecule has 0 aliphatic carbocycles. The molecule has 0 spiro atoms. The predicted octanol–water partition coefficient (Wildman–Crippen LogP) is 2.69. The van der Waals surface area contributed by atoms with Gasteiger partial charge in [0.25, 0.3) is 0 Å². The number of rotatable bonds is 3. The van der Waals surface area contributed by atoms with Crippen LogP contribution in [0.1, 0.15) is 19.2 Å². The topological polar surface area (TPSA) is 38.9 Å². The van der Waals surface area contributed by atoms with E-state index in [1.54, 1.807) is 12.4 Å². The van der Waals surface area contributed by atoms with E-state index in [-0.39, 0.29) is 0 Å². The summed E-state index contributed by atoms with van der Waals surface area (Å²) in [5, 5.41) is 0. The average molecular weight is 188 g/mol. The molecule has 2 heterocycles. The van der Waals surface area contributed by atoms with Gasteiger partial charge in [0.05, 0.1) is 6.20 Å². The summed E-state index contributed by atoms with van der Waals surface area (Å²) in [7, 11) is 0. The molecule has 2 aromatic heterocycles. The molecule has 0 radical (unpaired) electrons. The highest BCUT2D eigenvalue weighted by Gasteiger charge is 2.05. The molecule has 0 aliphatic heterocycles. The minimum atomic E-state index is 0.744. The second-order valence-electron chi connectivity index (χ2n) is 3.08. The maximum absolute atomic E-state index is 5.54. The van der Waals surface area contributed by atoms with Gasteiger partial charge in [-0.1, -0.05) is 13.0 Å². The van der Waals surface area contributed by atoms with Crippen molar-refractivity contribution in [2.75, 3.05) is 0 Å². The molecule has 0 fully saturated rings. The highest BCUT2D eigenvalue weighted by molar-refractivity contribution is 5.49. The second-order valence-corrected chi connectivity index (χ2v) is 3.08. The molecular formula is C11H12N2O. The van der Waals surface area contributed by atoms with Gasteiger partial charge in [-0.3, -0.25) is 4.98 Å². The van der Waals surface area contributed by atoms with E-state index in [1.165, 1.54) is 0 Å². The van der Waals surface area contributed by atoms with Crippen molar-refractivity contribution in [3.63, 3.8) is 0 Å². The molecule has 3 heteroatoms. The van der Waals surface area contributed by atoms with Gasteiger partial charge in [-0.25, -0.2) is 4.98 Å². The first kappa shape index (κ1) is 8.94. The van der Waals surface area contributed by atoms with Crippen molar-refractivity contribution < 1.29 is 4.42 Å². The molecule has 14 heavy (non-hydrogen) atoms. The second kappa shape index (κ2) is 4.05. The zero-order valence-corrected chi connectivity index (χ0v) is 8.10. The molecule has 0 unspecified atom stereocenters. The van der Waals surface area contributed by atoms with Gasteiger partial charge in [0.15, 0.2) is 11.7 Å². The van der Waals surface area contributed by atoms with Gasteiger partial charge in [-0.2, -0.15) is 0 Å². The van der Waals surface area contributed by atoms with E-state index in [0.29, 0.717) is 0 Å². The SMILES string of the molecule is CCCc1ncc(-c2ccccn2)o1. The van der Waals surface area contributed by atoms with Crippen LogP contribution in [0.5, 0.6) is 0 Å². The maximum atomic E-state index is 5.54. The Labute approximate surface area is 82.8 Å². The summed E-state index contributed by atoms with van der Waals surface area (Å²) in [5.41, 5.74) is 0.836. The fourth-order valence-corrected chi connectivity index (χ4v) is 1.27. The van der Waals surface area contributed by atoms with Crippen LogP contribution < -0.4 is 0 Å². The van der Waals surface area contributed by atoms with Crippen LogP contribution in [0.4, 0.5) is 0 Å². The summed E-state index contributed by atoms with van der Waals surface area (Å²) >= 11 is 0. The average Bonchev–Trinajstić information content (AvgIpc) is 2.68. The van der Waals surface area contributed by atoms with Crippen LogP contribution in [0.15, 0.2) is 35.0 Å². The van der Waals surface area contributed by atoms with Gasteiger partial charge in [0.1, 0.15) is 5.69 Å². The van der Waals surface area contributed by atoms with Crippen LogP contribution >= 0.6 is 0 Å². The molecule has 72 valence electrons. The molecule has 0 aromatic carbocycles. The number of aryl methyl sites for hydroxylation is 1. The van der Waals surface area contributed by atoms with Crippen molar-refractivity contribution in [2.45, 2.75) is 19.8 Å². The smallest absolute Gasteiger partial charge is 0.194 e. The molecule has 3 nitrogen and oxygen atoms in total. The van der Waals surface area contributed by atoms with E-state index in [2.05, 4.69) is 16.9 Å². The standard InChI is InChI=1S/C11H12N2O/c1-2-5-11-13-8-10(14-11)9-6-3-4-7-12-9/h3-4,6-8H,2,5H2,1H3. The van der Waals surface area contributed by atoms with E-state index in [0.717, 1.165) is 30.2 Å². The van der Waals surface area contributed by atoms with Crippen molar-refractivity contribution in [1.82, 2.24) is 9.97 Å². The highest BCUT2D eigenvalue weighted by Crippen LogP contribution is 2.17. The number of aromatic nitrogens is 2. The van der Waals surface area contributed by atoms with Crippen LogP contribution in [0.3, 0.4) is 0 Å². The number of hydrogen-bond donors (Lipinski definition) is 0. The number of hydrogen-bond acceptors (Lipinski definition) is 3. The molecule has 2 aromatic rings. The summed E-state index contributed by atoms with van der Waals surface area (Å²) in [6, 6.07) is 5.73. The number of nitrogens with zero attached hydrogens (tertiary/aromatic N) is 2. The quantitative estimate of drug-likeness (QED) is 0.743. The Balaban J connectivity index is 2.25. The first-order chi connectivity index (χ1) is 6.90. The zero-order valence-electron chi connectivity index (χ0n) is 8.10. The fourth-order valence-electron chi connectivity index (χ4n) is 1.27. The molecular weight excluding hydrogens is 176 g/mol. The van der Waals surface area contributed by atoms with Crippen molar-refractivity contribution in [1.29, 1.82) is 0 Å². The Morgan fingerprint density at radius 2 is 2.21 bits per heavy atom. The Morgan fingerprint density at radius 1 is 1.29 bits per heavy atom. The third-order valence-electron chi connectivity index (χ3n) is 1.93. The molecule has 0 saturated heterocycles. The Kier molecular flexibility index (Phi) is 2.58. The molecule has 0 N–H and O–H groups in total. The Hall–Kier alpha value is -1.64. The van der Waals surface area contributed by atoms with E-state index in [9.17, 15) is 0 Å². The lowest BCUT2D eigenvalue weighted by Gasteiger charge is -1.93. The van der Waals surface area contributed by atoms with Crippen molar-refractivity contribution in [3.8, 4) is 11.5 Å². The first-order valence-electron chi connectivity index (χ1n) is 4.76. The van der Waals surface area contributed by atoms with Gasteiger partial charge < -0.3 is 4.42 Å². The predicted molar refractivity (Wildman–Crippen MR) is 53.7 cm³/mol.